The Bertz CT molecular complexity index is 653. The number of benzene rings is 1. The van der Waals surface area contributed by atoms with Crippen LogP contribution in [0.2, 0.25) is 0 Å². The zero-order chi connectivity index (χ0) is 15.0. The second-order valence-electron chi connectivity index (χ2n) is 6.05. The van der Waals surface area contributed by atoms with Crippen molar-refractivity contribution in [2.75, 3.05) is 0 Å². The van der Waals surface area contributed by atoms with Gasteiger partial charge in [0.25, 0.3) is 0 Å². The number of fused-ring (bicyclic) bond motifs is 1. The molecule has 21 heavy (non-hydrogen) atoms. The molecule has 2 atom stereocenters. The summed E-state index contributed by atoms with van der Waals surface area (Å²) in [5.74, 6) is 0.776. The first kappa shape index (κ1) is 14.8. The number of hydrogen-bond donors (Lipinski definition) is 0. The van der Waals surface area contributed by atoms with Gasteiger partial charge < -0.3 is 4.57 Å². The molecule has 3 rings (SSSR count). The van der Waals surface area contributed by atoms with E-state index in [1.165, 1.54) is 25.3 Å². The van der Waals surface area contributed by atoms with E-state index in [0.717, 1.165) is 19.0 Å². The SMILES string of the molecule is CC1CCCCC1Cn1c(CCl)nc2c(F)cc(F)cc21. The Morgan fingerprint density at radius 2 is 2.05 bits per heavy atom. The van der Waals surface area contributed by atoms with Gasteiger partial charge in [0.2, 0.25) is 0 Å². The fourth-order valence-corrected chi connectivity index (χ4v) is 3.61. The van der Waals surface area contributed by atoms with Crippen LogP contribution in [0.15, 0.2) is 12.1 Å². The first-order chi connectivity index (χ1) is 10.1. The average Bonchev–Trinajstić information content (AvgIpc) is 2.80. The van der Waals surface area contributed by atoms with E-state index in [9.17, 15) is 8.78 Å². The van der Waals surface area contributed by atoms with E-state index in [1.54, 1.807) is 0 Å². The Balaban J connectivity index is 2.03. The molecule has 0 radical (unpaired) electrons. The third-order valence-electron chi connectivity index (χ3n) is 4.68. The lowest BCUT2D eigenvalue weighted by Gasteiger charge is -2.29. The smallest absolute Gasteiger partial charge is 0.153 e. The van der Waals surface area contributed by atoms with Crippen molar-refractivity contribution in [2.24, 2.45) is 11.8 Å². The molecule has 1 saturated carbocycles. The lowest BCUT2D eigenvalue weighted by Crippen LogP contribution is -2.22. The van der Waals surface area contributed by atoms with Crippen molar-refractivity contribution in [3.05, 3.63) is 29.6 Å². The van der Waals surface area contributed by atoms with Gasteiger partial charge in [0, 0.05) is 12.6 Å². The summed E-state index contributed by atoms with van der Waals surface area (Å²) in [7, 11) is 0. The molecule has 0 amide bonds. The normalized spacial score (nSPS) is 22.9. The van der Waals surface area contributed by atoms with Gasteiger partial charge >= 0.3 is 0 Å². The highest BCUT2D eigenvalue weighted by Gasteiger charge is 2.24. The van der Waals surface area contributed by atoms with Crippen molar-refractivity contribution in [2.45, 2.75) is 45.0 Å². The maximum atomic E-state index is 13.9. The quantitative estimate of drug-likeness (QED) is 0.739. The van der Waals surface area contributed by atoms with Gasteiger partial charge in [-0.2, -0.15) is 0 Å². The largest absolute Gasteiger partial charge is 0.327 e. The van der Waals surface area contributed by atoms with E-state index >= 15 is 0 Å². The summed E-state index contributed by atoms with van der Waals surface area (Å²) < 4.78 is 29.3. The molecule has 2 aromatic rings. The van der Waals surface area contributed by atoms with Crippen molar-refractivity contribution in [1.29, 1.82) is 0 Å². The molecule has 1 aromatic carbocycles. The van der Waals surface area contributed by atoms with E-state index < -0.39 is 11.6 Å². The molecule has 5 heteroatoms. The van der Waals surface area contributed by atoms with E-state index in [0.29, 0.717) is 23.2 Å². The van der Waals surface area contributed by atoms with Crippen molar-refractivity contribution < 1.29 is 8.78 Å². The number of nitrogens with zero attached hydrogens (tertiary/aromatic N) is 2. The third-order valence-corrected chi connectivity index (χ3v) is 4.92. The molecule has 0 saturated heterocycles. The summed E-state index contributed by atoms with van der Waals surface area (Å²) in [5.41, 5.74) is 0.733. The fourth-order valence-electron chi connectivity index (χ4n) is 3.40. The first-order valence-corrected chi connectivity index (χ1v) is 8.03. The molecule has 1 heterocycles. The van der Waals surface area contributed by atoms with Crippen LogP contribution < -0.4 is 0 Å². The van der Waals surface area contributed by atoms with Crippen LogP contribution in [0.4, 0.5) is 8.78 Å². The highest BCUT2D eigenvalue weighted by Crippen LogP contribution is 2.32. The topological polar surface area (TPSA) is 17.8 Å². The van der Waals surface area contributed by atoms with E-state index in [-0.39, 0.29) is 11.4 Å². The minimum atomic E-state index is -0.619. The summed E-state index contributed by atoms with van der Waals surface area (Å²) in [6, 6.07) is 2.23. The molecule has 2 nitrogen and oxygen atoms in total. The summed E-state index contributed by atoms with van der Waals surface area (Å²) >= 11 is 5.95. The predicted molar refractivity (Wildman–Crippen MR) is 80.3 cm³/mol. The highest BCUT2D eigenvalue weighted by atomic mass is 35.5. The molecular formula is C16H19ClF2N2. The summed E-state index contributed by atoms with van der Waals surface area (Å²) in [6.07, 6.45) is 4.87. The molecule has 0 bridgehead atoms. The van der Waals surface area contributed by atoms with Crippen molar-refractivity contribution in [3.8, 4) is 0 Å². The molecule has 114 valence electrons. The van der Waals surface area contributed by atoms with Gasteiger partial charge in [0.05, 0.1) is 11.4 Å². The van der Waals surface area contributed by atoms with Gasteiger partial charge in [-0.15, -0.1) is 11.6 Å². The lowest BCUT2D eigenvalue weighted by molar-refractivity contribution is 0.229. The van der Waals surface area contributed by atoms with Crippen LogP contribution in [0.3, 0.4) is 0 Å². The Labute approximate surface area is 128 Å². The minimum absolute atomic E-state index is 0.205. The van der Waals surface area contributed by atoms with Crippen molar-refractivity contribution in [1.82, 2.24) is 9.55 Å². The predicted octanol–water partition coefficient (Wildman–Crippen LogP) is 4.88. The number of imidazole rings is 1. The molecule has 0 spiro atoms. The number of alkyl halides is 1. The van der Waals surface area contributed by atoms with Gasteiger partial charge in [-0.25, -0.2) is 13.8 Å². The molecule has 2 unspecified atom stereocenters. The zero-order valence-electron chi connectivity index (χ0n) is 12.1. The summed E-state index contributed by atoms with van der Waals surface area (Å²) in [6.45, 7) is 2.99. The number of rotatable bonds is 3. The van der Waals surface area contributed by atoms with Crippen LogP contribution in [0, 0.1) is 23.5 Å². The molecule has 1 aliphatic rings. The number of halogens is 3. The van der Waals surface area contributed by atoms with E-state index in [1.807, 2.05) is 4.57 Å². The number of hydrogen-bond acceptors (Lipinski definition) is 1. The minimum Gasteiger partial charge on any atom is -0.327 e. The van der Waals surface area contributed by atoms with Crippen LogP contribution >= 0.6 is 11.6 Å². The summed E-state index contributed by atoms with van der Waals surface area (Å²) in [5, 5.41) is 0. The maximum Gasteiger partial charge on any atom is 0.153 e. The Hall–Kier alpha value is -1.16. The first-order valence-electron chi connectivity index (χ1n) is 7.50. The van der Waals surface area contributed by atoms with Crippen LogP contribution in [0.5, 0.6) is 0 Å². The standard InChI is InChI=1S/C16H19ClF2N2/c1-10-4-2-3-5-11(10)9-21-14-7-12(18)6-13(19)16(14)20-15(21)8-17/h6-7,10-11H,2-5,8-9H2,1H3. The van der Waals surface area contributed by atoms with Crippen LogP contribution in [0.1, 0.15) is 38.4 Å². The molecule has 1 aliphatic carbocycles. The van der Waals surface area contributed by atoms with E-state index in [2.05, 4.69) is 11.9 Å². The Morgan fingerprint density at radius 1 is 1.29 bits per heavy atom. The lowest BCUT2D eigenvalue weighted by atomic mass is 9.80. The van der Waals surface area contributed by atoms with Crippen molar-refractivity contribution >= 4 is 22.6 Å². The second kappa shape index (κ2) is 5.91. The summed E-state index contributed by atoms with van der Waals surface area (Å²) in [4.78, 5) is 4.25. The zero-order valence-corrected chi connectivity index (χ0v) is 12.8. The monoisotopic (exact) mass is 312 g/mol. The molecule has 0 aliphatic heterocycles. The maximum absolute atomic E-state index is 13.9. The second-order valence-corrected chi connectivity index (χ2v) is 6.32. The third kappa shape index (κ3) is 2.78. The van der Waals surface area contributed by atoms with Crippen LogP contribution in [-0.4, -0.2) is 9.55 Å². The fraction of sp³-hybridized carbons (Fsp3) is 0.562. The van der Waals surface area contributed by atoms with Gasteiger partial charge in [-0.05, 0) is 24.3 Å². The Morgan fingerprint density at radius 3 is 2.76 bits per heavy atom. The number of aromatic nitrogens is 2. The Kier molecular flexibility index (Phi) is 4.16. The molecular weight excluding hydrogens is 294 g/mol. The molecule has 1 fully saturated rings. The van der Waals surface area contributed by atoms with Crippen LogP contribution in [-0.2, 0) is 12.4 Å². The van der Waals surface area contributed by atoms with E-state index in [4.69, 9.17) is 11.6 Å². The molecule has 0 N–H and O–H groups in total. The molecule has 1 aromatic heterocycles. The van der Waals surface area contributed by atoms with Gasteiger partial charge in [0.1, 0.15) is 17.2 Å². The highest BCUT2D eigenvalue weighted by molar-refractivity contribution is 6.16. The van der Waals surface area contributed by atoms with Gasteiger partial charge in [-0.3, -0.25) is 0 Å². The van der Waals surface area contributed by atoms with Gasteiger partial charge in [-0.1, -0.05) is 26.2 Å². The van der Waals surface area contributed by atoms with Gasteiger partial charge in [0.15, 0.2) is 5.82 Å². The average molecular weight is 313 g/mol. The van der Waals surface area contributed by atoms with Crippen LogP contribution in [0.25, 0.3) is 11.0 Å². The van der Waals surface area contributed by atoms with Crippen molar-refractivity contribution in [3.63, 3.8) is 0 Å².